The average molecular weight is 798 g/mol. The molecule has 15 heteroatoms. The zero-order valence-electron chi connectivity index (χ0n) is 32.9. The highest BCUT2D eigenvalue weighted by molar-refractivity contribution is 5.98. The van der Waals surface area contributed by atoms with E-state index in [1.807, 2.05) is 37.2 Å². The van der Waals surface area contributed by atoms with Crippen molar-refractivity contribution in [1.29, 1.82) is 0 Å². The van der Waals surface area contributed by atoms with Crippen LogP contribution < -0.4 is 4.90 Å². The van der Waals surface area contributed by atoms with E-state index in [4.69, 9.17) is 52.1 Å². The Labute approximate surface area is 333 Å². The Balaban J connectivity index is 1.55. The zero-order chi connectivity index (χ0) is 39.9. The van der Waals surface area contributed by atoms with Crippen molar-refractivity contribution in [2.45, 2.75) is 32.0 Å². The molecule has 0 unspecified atom stereocenters. The van der Waals surface area contributed by atoms with E-state index in [1.54, 1.807) is 24.3 Å². The number of hydrogen-bond acceptors (Lipinski definition) is 15. The lowest BCUT2D eigenvalue weighted by molar-refractivity contribution is -0.0168. The van der Waals surface area contributed by atoms with Crippen LogP contribution in [0.1, 0.15) is 49.3 Å². The van der Waals surface area contributed by atoms with Crippen LogP contribution >= 0.6 is 0 Å². The van der Waals surface area contributed by atoms with E-state index in [2.05, 4.69) is 0 Å². The summed E-state index contributed by atoms with van der Waals surface area (Å²) in [6.07, 6.45) is 0. The van der Waals surface area contributed by atoms with Crippen LogP contribution in [0, 0.1) is 0 Å². The van der Waals surface area contributed by atoms with Gasteiger partial charge < -0.3 is 67.2 Å². The Bertz CT molecular complexity index is 1590. The van der Waals surface area contributed by atoms with Crippen LogP contribution in [-0.2, 0) is 84.1 Å². The van der Waals surface area contributed by atoms with Crippen LogP contribution in [0.4, 0.5) is 5.69 Å². The number of phenolic OH excluding ortho intramolecular Hbond substituents is 2. The van der Waals surface area contributed by atoms with Gasteiger partial charge in [-0.15, -0.1) is 0 Å². The highest BCUT2D eigenvalue weighted by Crippen LogP contribution is 2.53. The molecule has 0 radical (unpaired) electrons. The fraction of sp³-hybridized carbons (Fsp3) is 0.548. The van der Waals surface area contributed by atoms with Crippen molar-refractivity contribution in [3.63, 3.8) is 0 Å². The summed E-state index contributed by atoms with van der Waals surface area (Å²) in [5.41, 5.74) is 3.35. The number of hydrogen-bond donors (Lipinski definition) is 2. The molecular weight excluding hydrogens is 742 g/mol. The van der Waals surface area contributed by atoms with Crippen molar-refractivity contribution < 1.29 is 67.1 Å². The summed E-state index contributed by atoms with van der Waals surface area (Å²) in [4.78, 5) is 16.3. The van der Waals surface area contributed by atoms with Crippen molar-refractivity contribution in [1.82, 2.24) is 0 Å². The quantitative estimate of drug-likeness (QED) is 0.368. The number of phenols is 2. The van der Waals surface area contributed by atoms with E-state index >= 15 is 0 Å². The van der Waals surface area contributed by atoms with Crippen LogP contribution in [0.3, 0.4) is 0 Å². The molecule has 0 aromatic heterocycles. The standard InChI is InChI=1S/C42H55NO14/c1-43(2)34-3-4-38-37(25-34)41(46)57-42(38,39-30-21-35(44)22-31(39)27-54-18-14-50-10-6-47-5-9-49-13-17-53-26-30)40-32-23-36(45)24-33(40)29-56-20-16-52-12-8-48-7-11-51-15-19-55-28-32/h3-4,21-25,44-45H,5-20,26-29H2,1-2H3. The number of cyclic esters (lactones) is 1. The Hall–Kier alpha value is -3.87. The third-order valence-corrected chi connectivity index (χ3v) is 9.65. The SMILES string of the molecule is CN(C)c1ccc2c(c1)C(=O)OC2(c1c2cc(O)cc1COCCOCCOCCOCCOC2)c1c2cc(O)cc1COCCOCCOCCOCCOC2. The summed E-state index contributed by atoms with van der Waals surface area (Å²) in [7, 11) is 3.80. The second kappa shape index (κ2) is 21.8. The van der Waals surface area contributed by atoms with Gasteiger partial charge in [-0.2, -0.15) is 0 Å². The first kappa shape index (κ1) is 42.7. The molecule has 15 nitrogen and oxygen atoms in total. The highest BCUT2D eigenvalue weighted by atomic mass is 16.6. The molecule has 0 atom stereocenters. The van der Waals surface area contributed by atoms with Gasteiger partial charge in [-0.1, -0.05) is 6.07 Å². The van der Waals surface area contributed by atoms with E-state index < -0.39 is 11.6 Å². The molecule has 3 aliphatic rings. The van der Waals surface area contributed by atoms with Crippen molar-refractivity contribution >= 4 is 11.7 Å². The lowest BCUT2D eigenvalue weighted by Crippen LogP contribution is -2.35. The van der Waals surface area contributed by atoms with Gasteiger partial charge in [-0.3, -0.25) is 0 Å². The van der Waals surface area contributed by atoms with Crippen molar-refractivity contribution in [3.8, 4) is 11.5 Å². The van der Waals surface area contributed by atoms with Crippen molar-refractivity contribution in [2.75, 3.05) is 125 Å². The van der Waals surface area contributed by atoms with Crippen LogP contribution in [-0.4, -0.2) is 136 Å². The van der Waals surface area contributed by atoms with Crippen LogP contribution in [0.25, 0.3) is 0 Å². The fourth-order valence-corrected chi connectivity index (χ4v) is 7.17. The normalized spacial score (nSPS) is 20.2. The Morgan fingerprint density at radius 1 is 0.474 bits per heavy atom. The molecule has 2 N–H and O–H groups in total. The number of carbonyl (C=O) groups is 1. The zero-order valence-corrected chi connectivity index (χ0v) is 32.9. The first-order valence-corrected chi connectivity index (χ1v) is 19.4. The Morgan fingerprint density at radius 2 is 0.789 bits per heavy atom. The number of anilines is 1. The van der Waals surface area contributed by atoms with Crippen LogP contribution in [0.5, 0.6) is 11.5 Å². The molecule has 6 rings (SSSR count). The largest absolute Gasteiger partial charge is 0.508 e. The van der Waals surface area contributed by atoms with Gasteiger partial charge >= 0.3 is 5.97 Å². The number of esters is 1. The van der Waals surface area contributed by atoms with Crippen LogP contribution in [0.15, 0.2) is 42.5 Å². The van der Waals surface area contributed by atoms with Crippen molar-refractivity contribution in [2.24, 2.45) is 0 Å². The molecule has 3 aromatic carbocycles. The summed E-state index contributed by atoms with van der Waals surface area (Å²) in [6.45, 7) is 5.55. The second-order valence-electron chi connectivity index (χ2n) is 13.9. The number of benzene rings is 3. The summed E-state index contributed by atoms with van der Waals surface area (Å²) in [6, 6.07) is 12.1. The van der Waals surface area contributed by atoms with Gasteiger partial charge in [-0.05, 0) is 58.7 Å². The minimum atomic E-state index is -1.66. The minimum Gasteiger partial charge on any atom is -0.508 e. The minimum absolute atomic E-state index is 0.0194. The molecule has 57 heavy (non-hydrogen) atoms. The first-order valence-electron chi connectivity index (χ1n) is 19.4. The van der Waals surface area contributed by atoms with Crippen molar-refractivity contribution in [3.05, 3.63) is 87.0 Å². The maximum atomic E-state index is 14.4. The molecule has 0 aliphatic carbocycles. The van der Waals surface area contributed by atoms with E-state index in [9.17, 15) is 15.0 Å². The molecule has 3 heterocycles. The predicted molar refractivity (Wildman–Crippen MR) is 206 cm³/mol. The number of nitrogens with zero attached hydrogens (tertiary/aromatic N) is 1. The van der Waals surface area contributed by atoms with Gasteiger partial charge in [0.25, 0.3) is 0 Å². The smallest absolute Gasteiger partial charge is 0.340 e. The number of fused-ring (bicyclic) bond motifs is 5. The monoisotopic (exact) mass is 797 g/mol. The summed E-state index contributed by atoms with van der Waals surface area (Å²) in [5, 5.41) is 22.5. The number of ether oxygens (including phenoxy) is 11. The molecule has 4 bridgehead atoms. The van der Waals surface area contributed by atoms with Gasteiger partial charge in [0.05, 0.1) is 138 Å². The van der Waals surface area contributed by atoms with E-state index in [-0.39, 0.29) is 64.4 Å². The maximum Gasteiger partial charge on any atom is 0.340 e. The topological polar surface area (TPSA) is 162 Å². The molecule has 0 saturated heterocycles. The van der Waals surface area contributed by atoms with Gasteiger partial charge in [0, 0.05) is 36.5 Å². The van der Waals surface area contributed by atoms with Gasteiger partial charge in [0.15, 0.2) is 5.60 Å². The molecule has 3 aliphatic heterocycles. The van der Waals surface area contributed by atoms with E-state index in [0.29, 0.717) is 124 Å². The second-order valence-corrected chi connectivity index (χ2v) is 13.9. The number of rotatable bonds is 3. The lowest BCUT2D eigenvalue weighted by atomic mass is 9.72. The van der Waals surface area contributed by atoms with Crippen LogP contribution in [0.2, 0.25) is 0 Å². The van der Waals surface area contributed by atoms with Gasteiger partial charge in [-0.25, -0.2) is 4.79 Å². The Morgan fingerprint density at radius 3 is 1.11 bits per heavy atom. The number of carbonyl (C=O) groups excluding carboxylic acids is 1. The molecule has 0 saturated carbocycles. The third kappa shape index (κ3) is 11.2. The Kier molecular flexibility index (Phi) is 16.3. The van der Waals surface area contributed by atoms with Gasteiger partial charge in [0.1, 0.15) is 11.5 Å². The number of aromatic hydroxyl groups is 2. The fourth-order valence-electron chi connectivity index (χ4n) is 7.17. The third-order valence-electron chi connectivity index (χ3n) is 9.65. The average Bonchev–Trinajstić information content (AvgIpc) is 3.47. The lowest BCUT2D eigenvalue weighted by Gasteiger charge is -2.37. The summed E-state index contributed by atoms with van der Waals surface area (Å²) < 4.78 is 65.7. The molecule has 0 fully saturated rings. The highest BCUT2D eigenvalue weighted by Gasteiger charge is 2.53. The molecule has 3 aromatic rings. The molecule has 0 amide bonds. The summed E-state index contributed by atoms with van der Waals surface area (Å²) in [5.74, 6) is -0.590. The predicted octanol–water partition coefficient (Wildman–Crippen LogP) is 3.82. The maximum absolute atomic E-state index is 14.4. The summed E-state index contributed by atoms with van der Waals surface area (Å²) >= 11 is 0. The van der Waals surface area contributed by atoms with E-state index in [0.717, 1.165) is 5.69 Å². The van der Waals surface area contributed by atoms with Gasteiger partial charge in [0.2, 0.25) is 0 Å². The molecule has 312 valence electrons. The molecule has 0 spiro atoms. The van der Waals surface area contributed by atoms with E-state index in [1.165, 1.54) is 0 Å². The first-order chi connectivity index (χ1) is 27.9. The molecular formula is C42H55NO14.